The van der Waals surface area contributed by atoms with E-state index in [9.17, 15) is 4.79 Å². The van der Waals surface area contributed by atoms with Gasteiger partial charge in [0.1, 0.15) is 0 Å². The Labute approximate surface area is 104 Å². The van der Waals surface area contributed by atoms with Gasteiger partial charge in [0.15, 0.2) is 0 Å². The Hall–Kier alpha value is -0.940. The van der Waals surface area contributed by atoms with Gasteiger partial charge in [-0.05, 0) is 35.3 Å². The van der Waals surface area contributed by atoms with Gasteiger partial charge in [-0.1, -0.05) is 0 Å². The van der Waals surface area contributed by atoms with Gasteiger partial charge in [0.2, 0.25) is 0 Å². The maximum atomic E-state index is 11.8. The Balaban J connectivity index is 2.52. The first-order valence-corrected chi connectivity index (χ1v) is 5.83. The largest absolute Gasteiger partial charge is 0.385 e. The first-order chi connectivity index (χ1) is 7.63. The molecule has 0 aromatic carbocycles. The number of hydrogen-bond acceptors (Lipinski definition) is 3. The minimum absolute atomic E-state index is 0.0893. The summed E-state index contributed by atoms with van der Waals surface area (Å²) in [5.74, 6) is -0.114. The second-order valence-corrected chi connectivity index (χ2v) is 4.46. The lowest BCUT2D eigenvalue weighted by atomic mass is 10.2. The fourth-order valence-corrected chi connectivity index (χ4v) is 1.57. The highest BCUT2D eigenvalue weighted by atomic mass is 79.9. The zero-order valence-electron chi connectivity index (χ0n) is 9.37. The lowest BCUT2D eigenvalue weighted by molar-refractivity contribution is 0.0929. The SMILES string of the molecule is COCCC(C)NC(=O)c1cncc(Br)c1. The van der Waals surface area contributed by atoms with E-state index in [-0.39, 0.29) is 11.9 Å². The molecule has 1 unspecified atom stereocenters. The molecule has 1 heterocycles. The molecule has 0 saturated carbocycles. The van der Waals surface area contributed by atoms with E-state index in [4.69, 9.17) is 4.74 Å². The summed E-state index contributed by atoms with van der Waals surface area (Å²) < 4.78 is 5.74. The molecule has 1 aromatic heterocycles. The van der Waals surface area contributed by atoms with Crippen LogP contribution in [0, 0.1) is 0 Å². The predicted octanol–water partition coefficient (Wildman–Crippen LogP) is 2.00. The maximum Gasteiger partial charge on any atom is 0.253 e. The normalized spacial score (nSPS) is 12.2. The predicted molar refractivity (Wildman–Crippen MR) is 65.4 cm³/mol. The van der Waals surface area contributed by atoms with Crippen LogP contribution in [0.5, 0.6) is 0 Å². The van der Waals surface area contributed by atoms with Crippen molar-refractivity contribution in [3.8, 4) is 0 Å². The smallest absolute Gasteiger partial charge is 0.253 e. The first-order valence-electron chi connectivity index (χ1n) is 5.04. The molecular formula is C11H15BrN2O2. The summed E-state index contributed by atoms with van der Waals surface area (Å²) in [6.07, 6.45) is 3.98. The molecule has 1 aromatic rings. The summed E-state index contributed by atoms with van der Waals surface area (Å²) in [5, 5.41) is 2.88. The van der Waals surface area contributed by atoms with Crippen molar-refractivity contribution in [1.29, 1.82) is 0 Å². The van der Waals surface area contributed by atoms with E-state index in [1.807, 2.05) is 6.92 Å². The first kappa shape index (κ1) is 13.1. The molecule has 0 spiro atoms. The summed E-state index contributed by atoms with van der Waals surface area (Å²) in [5.41, 5.74) is 0.554. The molecule has 0 aliphatic rings. The third kappa shape index (κ3) is 4.28. The number of carbonyl (C=O) groups is 1. The second-order valence-electron chi connectivity index (χ2n) is 3.55. The molecule has 0 saturated heterocycles. The molecule has 1 N–H and O–H groups in total. The number of nitrogens with zero attached hydrogens (tertiary/aromatic N) is 1. The highest BCUT2D eigenvalue weighted by Crippen LogP contribution is 2.09. The zero-order chi connectivity index (χ0) is 12.0. The van der Waals surface area contributed by atoms with Crippen LogP contribution in [-0.2, 0) is 4.74 Å². The van der Waals surface area contributed by atoms with Gasteiger partial charge < -0.3 is 10.1 Å². The summed E-state index contributed by atoms with van der Waals surface area (Å²) in [4.78, 5) is 15.7. The fraction of sp³-hybridized carbons (Fsp3) is 0.455. The van der Waals surface area contributed by atoms with Gasteiger partial charge in [-0.25, -0.2) is 0 Å². The lowest BCUT2D eigenvalue weighted by Gasteiger charge is -2.13. The van der Waals surface area contributed by atoms with Gasteiger partial charge in [0.05, 0.1) is 5.56 Å². The molecular weight excluding hydrogens is 272 g/mol. The van der Waals surface area contributed by atoms with Crippen LogP contribution in [0.25, 0.3) is 0 Å². The number of nitrogens with one attached hydrogen (secondary N) is 1. The van der Waals surface area contributed by atoms with Crippen LogP contribution < -0.4 is 5.32 Å². The molecule has 88 valence electrons. The van der Waals surface area contributed by atoms with Crippen molar-refractivity contribution in [1.82, 2.24) is 10.3 Å². The van der Waals surface area contributed by atoms with Gasteiger partial charge >= 0.3 is 0 Å². The topological polar surface area (TPSA) is 51.2 Å². The summed E-state index contributed by atoms with van der Waals surface area (Å²) >= 11 is 3.28. The van der Waals surface area contributed by atoms with E-state index in [1.54, 1.807) is 25.6 Å². The average molecular weight is 287 g/mol. The lowest BCUT2D eigenvalue weighted by Crippen LogP contribution is -2.33. The van der Waals surface area contributed by atoms with E-state index in [2.05, 4.69) is 26.2 Å². The number of amides is 1. The van der Waals surface area contributed by atoms with Gasteiger partial charge in [0.25, 0.3) is 5.91 Å². The molecule has 1 amide bonds. The van der Waals surface area contributed by atoms with Crippen molar-refractivity contribution < 1.29 is 9.53 Å². The van der Waals surface area contributed by atoms with Crippen molar-refractivity contribution in [3.05, 3.63) is 28.5 Å². The monoisotopic (exact) mass is 286 g/mol. The Bertz CT molecular complexity index is 358. The molecule has 16 heavy (non-hydrogen) atoms. The number of halogens is 1. The van der Waals surface area contributed by atoms with Crippen LogP contribution in [0.15, 0.2) is 22.9 Å². The molecule has 0 aliphatic heterocycles. The third-order valence-corrected chi connectivity index (χ3v) is 2.53. The molecule has 1 rings (SSSR count). The Morgan fingerprint density at radius 2 is 2.38 bits per heavy atom. The molecule has 5 heteroatoms. The highest BCUT2D eigenvalue weighted by molar-refractivity contribution is 9.10. The minimum Gasteiger partial charge on any atom is -0.385 e. The average Bonchev–Trinajstić information content (AvgIpc) is 2.26. The van der Waals surface area contributed by atoms with Gasteiger partial charge in [-0.15, -0.1) is 0 Å². The summed E-state index contributed by atoms with van der Waals surface area (Å²) in [7, 11) is 1.65. The Kier molecular flexibility index (Phi) is 5.42. The molecule has 0 aliphatic carbocycles. The Morgan fingerprint density at radius 1 is 1.62 bits per heavy atom. The maximum absolute atomic E-state index is 11.8. The standard InChI is InChI=1S/C11H15BrN2O2/c1-8(3-4-16-2)14-11(15)9-5-10(12)7-13-6-9/h5-8H,3-4H2,1-2H3,(H,14,15). The van der Waals surface area contributed by atoms with Gasteiger partial charge in [0, 0.05) is 36.6 Å². The number of pyridine rings is 1. The van der Waals surface area contributed by atoms with Crippen LogP contribution in [0.2, 0.25) is 0 Å². The molecule has 4 nitrogen and oxygen atoms in total. The minimum atomic E-state index is -0.114. The van der Waals surface area contributed by atoms with E-state index in [0.717, 1.165) is 10.9 Å². The quantitative estimate of drug-likeness (QED) is 0.901. The van der Waals surface area contributed by atoms with Crippen LogP contribution >= 0.6 is 15.9 Å². The number of methoxy groups -OCH3 is 1. The number of ether oxygens (including phenoxy) is 1. The molecule has 1 atom stereocenters. The van der Waals surface area contributed by atoms with E-state index in [0.29, 0.717) is 12.2 Å². The van der Waals surface area contributed by atoms with Crippen molar-refractivity contribution in [2.75, 3.05) is 13.7 Å². The van der Waals surface area contributed by atoms with Crippen LogP contribution in [0.3, 0.4) is 0 Å². The van der Waals surface area contributed by atoms with Crippen LogP contribution in [-0.4, -0.2) is 30.6 Å². The molecule has 0 fully saturated rings. The van der Waals surface area contributed by atoms with Crippen molar-refractivity contribution in [3.63, 3.8) is 0 Å². The second kappa shape index (κ2) is 6.60. The van der Waals surface area contributed by atoms with Crippen molar-refractivity contribution >= 4 is 21.8 Å². The van der Waals surface area contributed by atoms with Crippen molar-refractivity contribution in [2.24, 2.45) is 0 Å². The van der Waals surface area contributed by atoms with E-state index in [1.165, 1.54) is 0 Å². The molecule has 0 bridgehead atoms. The van der Waals surface area contributed by atoms with Gasteiger partial charge in [-0.3, -0.25) is 9.78 Å². The van der Waals surface area contributed by atoms with Gasteiger partial charge in [-0.2, -0.15) is 0 Å². The number of carbonyl (C=O) groups excluding carboxylic acids is 1. The van der Waals surface area contributed by atoms with E-state index < -0.39 is 0 Å². The Morgan fingerprint density at radius 3 is 3.00 bits per heavy atom. The third-order valence-electron chi connectivity index (χ3n) is 2.10. The highest BCUT2D eigenvalue weighted by Gasteiger charge is 2.09. The number of rotatable bonds is 5. The van der Waals surface area contributed by atoms with E-state index >= 15 is 0 Å². The summed E-state index contributed by atoms with van der Waals surface area (Å²) in [6, 6.07) is 1.83. The van der Waals surface area contributed by atoms with Crippen LogP contribution in [0.4, 0.5) is 0 Å². The zero-order valence-corrected chi connectivity index (χ0v) is 11.0. The van der Waals surface area contributed by atoms with Crippen molar-refractivity contribution in [2.45, 2.75) is 19.4 Å². The summed E-state index contributed by atoms with van der Waals surface area (Å²) in [6.45, 7) is 2.58. The number of hydrogen-bond donors (Lipinski definition) is 1. The fourth-order valence-electron chi connectivity index (χ4n) is 1.21. The number of aromatic nitrogens is 1. The molecule has 0 radical (unpaired) electrons. The van der Waals surface area contributed by atoms with Crippen LogP contribution in [0.1, 0.15) is 23.7 Å².